The first kappa shape index (κ1) is 37.1. The maximum atomic E-state index is 14.2. The first-order valence-electron chi connectivity index (χ1n) is 14.7. The number of nitrogens with zero attached hydrogens (tertiary/aromatic N) is 2. The number of phenolic OH excluding ortho intramolecular Hbond substituents is 1. The fraction of sp³-hybridized carbons (Fsp3) is 0.455. The van der Waals surface area contributed by atoms with Crippen molar-refractivity contribution in [2.24, 2.45) is 5.73 Å². The van der Waals surface area contributed by atoms with E-state index in [0.717, 1.165) is 4.90 Å². The van der Waals surface area contributed by atoms with Gasteiger partial charge in [-0.05, 0) is 59.6 Å². The molecule has 0 radical (unpaired) electrons. The van der Waals surface area contributed by atoms with Crippen molar-refractivity contribution in [1.29, 1.82) is 5.26 Å². The largest absolute Gasteiger partial charge is 0.508 e. The third-order valence-electron chi connectivity index (χ3n) is 6.27. The number of hydrogen-bond acceptors (Lipinski definition) is 9. The SMILES string of the molecule is CC(C)(C)OC(=O)NC(CCC(N)=O)C(=O)N(CC#N)C(C(=O)NC(Cc1ccccc1)C(=O)OC(C)(C)C)c1ccccc1O. The van der Waals surface area contributed by atoms with Gasteiger partial charge in [-0.2, -0.15) is 5.26 Å². The van der Waals surface area contributed by atoms with Gasteiger partial charge >= 0.3 is 12.1 Å². The lowest BCUT2D eigenvalue weighted by Gasteiger charge is -2.34. The van der Waals surface area contributed by atoms with Gasteiger partial charge < -0.3 is 35.8 Å². The van der Waals surface area contributed by atoms with E-state index in [1.54, 1.807) is 71.9 Å². The van der Waals surface area contributed by atoms with Crippen molar-refractivity contribution in [3.63, 3.8) is 0 Å². The number of benzene rings is 2. The number of aromatic hydroxyl groups is 1. The molecule has 2 aromatic carbocycles. The summed E-state index contributed by atoms with van der Waals surface area (Å²) in [4.78, 5) is 66.7. The molecule has 0 spiro atoms. The Labute approximate surface area is 269 Å². The minimum Gasteiger partial charge on any atom is -0.508 e. The van der Waals surface area contributed by atoms with Crippen molar-refractivity contribution in [1.82, 2.24) is 15.5 Å². The number of phenols is 1. The van der Waals surface area contributed by atoms with E-state index in [2.05, 4.69) is 10.6 Å². The highest BCUT2D eigenvalue weighted by atomic mass is 16.6. The first-order valence-corrected chi connectivity index (χ1v) is 14.7. The maximum Gasteiger partial charge on any atom is 0.408 e. The lowest BCUT2D eigenvalue weighted by Crippen LogP contribution is -2.55. The number of amides is 4. The molecule has 0 aliphatic rings. The molecule has 13 nitrogen and oxygen atoms in total. The summed E-state index contributed by atoms with van der Waals surface area (Å²) < 4.78 is 10.9. The van der Waals surface area contributed by atoms with Gasteiger partial charge in [-0.15, -0.1) is 0 Å². The molecule has 0 fully saturated rings. The summed E-state index contributed by atoms with van der Waals surface area (Å²) in [5.74, 6) is -3.72. The van der Waals surface area contributed by atoms with E-state index < -0.39 is 65.7 Å². The predicted molar refractivity (Wildman–Crippen MR) is 168 cm³/mol. The third kappa shape index (κ3) is 12.1. The summed E-state index contributed by atoms with van der Waals surface area (Å²) in [7, 11) is 0. The van der Waals surface area contributed by atoms with Gasteiger partial charge in [0.15, 0.2) is 0 Å². The summed E-state index contributed by atoms with van der Waals surface area (Å²) in [6.45, 7) is 9.19. The monoisotopic (exact) mass is 637 g/mol. The maximum absolute atomic E-state index is 14.2. The Bertz CT molecular complexity index is 1430. The molecule has 2 rings (SSSR count). The predicted octanol–water partition coefficient (Wildman–Crippen LogP) is 3.01. The molecular weight excluding hydrogens is 594 g/mol. The Balaban J connectivity index is 2.60. The highest BCUT2D eigenvalue weighted by molar-refractivity contribution is 5.94. The van der Waals surface area contributed by atoms with E-state index in [4.69, 9.17) is 15.2 Å². The van der Waals surface area contributed by atoms with Crippen molar-refractivity contribution in [2.75, 3.05) is 6.54 Å². The number of hydrogen-bond donors (Lipinski definition) is 4. The molecule has 5 N–H and O–H groups in total. The fourth-order valence-corrected chi connectivity index (χ4v) is 4.40. The zero-order valence-electron chi connectivity index (χ0n) is 27.0. The normalized spacial score (nSPS) is 13.2. The second-order valence-electron chi connectivity index (χ2n) is 12.6. The zero-order chi connectivity index (χ0) is 34.7. The van der Waals surface area contributed by atoms with Crippen molar-refractivity contribution >= 4 is 29.8 Å². The number of primary amides is 1. The molecule has 0 aliphatic heterocycles. The van der Waals surface area contributed by atoms with E-state index in [1.165, 1.54) is 24.3 Å². The number of ether oxygens (including phenoxy) is 2. The summed E-state index contributed by atoms with van der Waals surface area (Å²) >= 11 is 0. The summed E-state index contributed by atoms with van der Waals surface area (Å²) in [5, 5.41) is 25.6. The van der Waals surface area contributed by atoms with Crippen LogP contribution in [-0.4, -0.2) is 69.6 Å². The average molecular weight is 638 g/mol. The second-order valence-corrected chi connectivity index (χ2v) is 12.6. The minimum atomic E-state index is -1.66. The van der Waals surface area contributed by atoms with Gasteiger partial charge in [0, 0.05) is 18.4 Å². The Morgan fingerprint density at radius 1 is 0.891 bits per heavy atom. The van der Waals surface area contributed by atoms with Gasteiger partial charge in [-0.1, -0.05) is 48.5 Å². The molecule has 3 atom stereocenters. The average Bonchev–Trinajstić information content (AvgIpc) is 2.93. The lowest BCUT2D eigenvalue weighted by molar-refractivity contribution is -0.159. The Morgan fingerprint density at radius 2 is 1.48 bits per heavy atom. The van der Waals surface area contributed by atoms with Gasteiger partial charge in [-0.3, -0.25) is 14.4 Å². The third-order valence-corrected chi connectivity index (χ3v) is 6.27. The van der Waals surface area contributed by atoms with E-state index in [9.17, 15) is 34.3 Å². The lowest BCUT2D eigenvalue weighted by atomic mass is 9.99. The topological polar surface area (TPSA) is 201 Å². The number of carbonyl (C=O) groups excluding carboxylic acids is 5. The number of esters is 1. The number of carbonyl (C=O) groups is 5. The van der Waals surface area contributed by atoms with Crippen LogP contribution in [0, 0.1) is 11.3 Å². The van der Waals surface area contributed by atoms with Crippen molar-refractivity contribution in [3.8, 4) is 11.8 Å². The van der Waals surface area contributed by atoms with Crippen molar-refractivity contribution < 1.29 is 38.6 Å². The molecule has 13 heteroatoms. The Kier molecular flexibility index (Phi) is 13.1. The van der Waals surface area contributed by atoms with Crippen LogP contribution < -0.4 is 16.4 Å². The number of nitrogens with one attached hydrogen (secondary N) is 2. The molecule has 0 aromatic heterocycles. The van der Waals surface area contributed by atoms with E-state index in [1.807, 2.05) is 6.07 Å². The quantitative estimate of drug-likeness (QED) is 0.188. The second kappa shape index (κ2) is 16.3. The van der Waals surface area contributed by atoms with Gasteiger partial charge in [0.05, 0.1) is 6.07 Å². The smallest absolute Gasteiger partial charge is 0.408 e. The number of alkyl carbamates (subject to hydrolysis) is 1. The molecular formula is C33H43N5O8. The number of nitrogens with two attached hydrogens (primary N) is 1. The van der Waals surface area contributed by atoms with Gasteiger partial charge in [-0.25, -0.2) is 9.59 Å². The van der Waals surface area contributed by atoms with Crippen LogP contribution in [0.4, 0.5) is 4.79 Å². The number of para-hydroxylation sites is 1. The van der Waals surface area contributed by atoms with Gasteiger partial charge in [0.2, 0.25) is 17.7 Å². The summed E-state index contributed by atoms with van der Waals surface area (Å²) in [6.07, 6.45) is -1.55. The standard InChI is InChI=1S/C33H43N5O8/c1-32(2,3)45-30(43)24(20-21-12-8-7-9-13-21)36-28(41)27(22-14-10-11-15-25(22)39)38(19-18-34)29(42)23(16-17-26(35)40)37-31(44)46-33(4,5)6/h7-15,23-24,27,39H,16-17,19-20H2,1-6H3,(H2,35,40)(H,36,41)(H,37,44). The highest BCUT2D eigenvalue weighted by Gasteiger charge is 2.39. The molecule has 0 heterocycles. The van der Waals surface area contributed by atoms with E-state index in [0.29, 0.717) is 5.56 Å². The molecule has 3 unspecified atom stereocenters. The van der Waals surface area contributed by atoms with Gasteiger partial charge in [0.1, 0.15) is 41.6 Å². The minimum absolute atomic E-state index is 0.0304. The molecule has 0 saturated carbocycles. The highest BCUT2D eigenvalue weighted by Crippen LogP contribution is 2.30. The van der Waals surface area contributed by atoms with E-state index in [-0.39, 0.29) is 30.6 Å². The number of nitriles is 1. The molecule has 4 amide bonds. The van der Waals surface area contributed by atoms with Crippen molar-refractivity contribution in [3.05, 3.63) is 65.7 Å². The first-order chi connectivity index (χ1) is 21.4. The van der Waals surface area contributed by atoms with Crippen LogP contribution in [0.2, 0.25) is 0 Å². The zero-order valence-corrected chi connectivity index (χ0v) is 27.0. The molecule has 0 bridgehead atoms. The Morgan fingerprint density at radius 3 is 2.02 bits per heavy atom. The van der Waals surface area contributed by atoms with Gasteiger partial charge in [0.25, 0.3) is 0 Å². The molecule has 0 aliphatic carbocycles. The number of rotatable bonds is 13. The van der Waals surface area contributed by atoms with Crippen LogP contribution in [0.5, 0.6) is 5.75 Å². The molecule has 0 saturated heterocycles. The Hall–Kier alpha value is -5.12. The fourth-order valence-electron chi connectivity index (χ4n) is 4.40. The van der Waals surface area contributed by atoms with Crippen LogP contribution in [0.25, 0.3) is 0 Å². The summed E-state index contributed by atoms with van der Waals surface area (Å²) in [6, 6.07) is 12.1. The van der Waals surface area contributed by atoms with E-state index >= 15 is 0 Å². The van der Waals surface area contributed by atoms with Crippen LogP contribution in [-0.2, 0) is 35.1 Å². The molecule has 2 aromatic rings. The van der Waals surface area contributed by atoms with Crippen LogP contribution in [0.15, 0.2) is 54.6 Å². The molecule has 248 valence electrons. The van der Waals surface area contributed by atoms with Crippen LogP contribution >= 0.6 is 0 Å². The summed E-state index contributed by atoms with van der Waals surface area (Å²) in [5.41, 5.74) is 4.14. The van der Waals surface area contributed by atoms with Crippen LogP contribution in [0.3, 0.4) is 0 Å². The molecule has 46 heavy (non-hydrogen) atoms. The van der Waals surface area contributed by atoms with Crippen molar-refractivity contribution in [2.45, 2.75) is 90.1 Å². The van der Waals surface area contributed by atoms with Crippen LogP contribution in [0.1, 0.15) is 71.6 Å².